The third-order valence-corrected chi connectivity index (χ3v) is 7.74. The largest absolute Gasteiger partial charge is 0.396 e. The van der Waals surface area contributed by atoms with Crippen molar-refractivity contribution in [3.05, 3.63) is 40.8 Å². The van der Waals surface area contributed by atoms with Crippen LogP contribution in [0.2, 0.25) is 0 Å². The first-order valence-corrected chi connectivity index (χ1v) is 12.9. The van der Waals surface area contributed by atoms with Gasteiger partial charge < -0.3 is 45.4 Å². The van der Waals surface area contributed by atoms with Gasteiger partial charge in [-0.3, -0.25) is 15.0 Å². The van der Waals surface area contributed by atoms with Crippen molar-refractivity contribution in [3.63, 3.8) is 0 Å². The minimum absolute atomic E-state index is 0.142. The van der Waals surface area contributed by atoms with Crippen LogP contribution in [0, 0.1) is 16.2 Å². The summed E-state index contributed by atoms with van der Waals surface area (Å²) < 4.78 is 11.8. The fourth-order valence-corrected chi connectivity index (χ4v) is 5.57. The lowest BCUT2D eigenvalue weighted by molar-refractivity contribution is -0.258. The summed E-state index contributed by atoms with van der Waals surface area (Å²) >= 11 is 0. The maximum atomic E-state index is 13.5. The number of benzene rings is 1. The lowest BCUT2D eigenvalue weighted by Crippen LogP contribution is -2.70. The Kier molecular flexibility index (Phi) is 11.0. The molecule has 15 nitrogen and oxygen atoms in total. The molecule has 1 aliphatic carbocycles. The second kappa shape index (κ2) is 13.8. The molecule has 0 spiro atoms. The number of nitroso groups, excluding NO2 is 1. The first kappa shape index (κ1) is 31.9. The van der Waals surface area contributed by atoms with Crippen LogP contribution in [0.1, 0.15) is 12.0 Å². The van der Waals surface area contributed by atoms with Crippen LogP contribution in [0.4, 0.5) is 0 Å². The second-order valence-corrected chi connectivity index (χ2v) is 10.1. The monoisotopic (exact) mass is 570 g/mol. The van der Waals surface area contributed by atoms with Crippen LogP contribution in [0.3, 0.4) is 0 Å². The van der Waals surface area contributed by atoms with Crippen molar-refractivity contribution in [2.45, 2.75) is 67.7 Å². The quantitative estimate of drug-likeness (QED) is 0.0710. The van der Waals surface area contributed by atoms with Gasteiger partial charge in [-0.05, 0) is 18.4 Å². The highest BCUT2D eigenvalue weighted by Gasteiger charge is 2.62. The Morgan fingerprint density at radius 1 is 1.00 bits per heavy atom. The molecule has 224 valence electrons. The highest BCUT2D eigenvalue weighted by atomic mass is 16.6. The lowest BCUT2D eigenvalue weighted by atomic mass is 9.70. The zero-order valence-corrected chi connectivity index (χ0v) is 22.2. The number of aliphatic hydroxyl groups excluding tert-OH is 6. The summed E-state index contributed by atoms with van der Waals surface area (Å²) in [7, 11) is 2.68. The van der Waals surface area contributed by atoms with E-state index in [1.165, 1.54) is 14.1 Å². The number of ether oxygens (including phenoxy) is 2. The highest BCUT2D eigenvalue weighted by Crippen LogP contribution is 2.40. The van der Waals surface area contributed by atoms with Crippen LogP contribution in [-0.2, 0) is 25.5 Å². The van der Waals surface area contributed by atoms with Crippen LogP contribution in [0.25, 0.3) is 0 Å². The summed E-state index contributed by atoms with van der Waals surface area (Å²) in [5.74, 6) is -2.62. The Bertz CT molecular complexity index is 1000. The summed E-state index contributed by atoms with van der Waals surface area (Å²) in [6, 6.07) is 6.72. The van der Waals surface area contributed by atoms with Crippen LogP contribution >= 0.6 is 0 Å². The number of rotatable bonds is 11. The van der Waals surface area contributed by atoms with Gasteiger partial charge in [0.1, 0.15) is 42.7 Å². The van der Waals surface area contributed by atoms with Crippen LogP contribution in [-0.4, -0.2) is 125 Å². The minimum atomic E-state index is -2.17. The molecule has 1 unspecified atom stereocenters. The topological polar surface area (TPSA) is 239 Å². The van der Waals surface area contributed by atoms with E-state index in [2.05, 4.69) is 21.3 Å². The zero-order chi connectivity index (χ0) is 29.6. The molecule has 0 radical (unpaired) electrons. The molecule has 1 aromatic carbocycles. The normalized spacial score (nSPS) is 35.8. The highest BCUT2D eigenvalue weighted by molar-refractivity contribution is 6.06. The predicted octanol–water partition coefficient (Wildman–Crippen LogP) is -3.68. The van der Waals surface area contributed by atoms with E-state index in [4.69, 9.17) is 9.47 Å². The molecule has 2 amide bonds. The first-order chi connectivity index (χ1) is 19.1. The van der Waals surface area contributed by atoms with Gasteiger partial charge in [-0.1, -0.05) is 35.5 Å². The average molecular weight is 571 g/mol. The molecule has 3 rings (SSSR count). The molecule has 9 N–H and O–H groups in total. The number of aliphatic hydroxyl groups is 6. The number of nitrogens with zero attached hydrogens (tertiary/aromatic N) is 1. The summed E-state index contributed by atoms with van der Waals surface area (Å²) in [5, 5.41) is 67.5. The van der Waals surface area contributed by atoms with Crippen molar-refractivity contribution < 1.29 is 49.7 Å². The van der Waals surface area contributed by atoms with Crippen LogP contribution in [0.5, 0.6) is 0 Å². The number of hydrazine groups is 1. The first-order valence-electron chi connectivity index (χ1n) is 12.9. The molecule has 1 heterocycles. The molecule has 1 saturated heterocycles. The van der Waals surface area contributed by atoms with Gasteiger partial charge in [0.25, 0.3) is 5.91 Å². The number of carbonyl (C=O) groups excluding carboxylic acids is 2. The second-order valence-electron chi connectivity index (χ2n) is 10.1. The number of carbonyl (C=O) groups is 2. The van der Waals surface area contributed by atoms with E-state index in [9.17, 15) is 45.1 Å². The Labute approximate surface area is 230 Å². The molecular formula is C25H38N4O11. The Balaban J connectivity index is 2.03. The van der Waals surface area contributed by atoms with Crippen molar-refractivity contribution in [3.8, 4) is 0 Å². The average Bonchev–Trinajstić information content (AvgIpc) is 2.96. The van der Waals surface area contributed by atoms with E-state index in [0.717, 1.165) is 0 Å². The van der Waals surface area contributed by atoms with E-state index in [-0.39, 0.29) is 12.8 Å². The maximum absolute atomic E-state index is 13.5. The van der Waals surface area contributed by atoms with E-state index in [0.29, 0.717) is 5.56 Å². The number of amides is 2. The van der Waals surface area contributed by atoms with Gasteiger partial charge in [0.2, 0.25) is 5.91 Å². The SMILES string of the molecule is CNNC(=O)C(Cc1ccccc1)(C(=O)NC)[C@@H]1O[C@H](CO)[C@@H](O[C@H]2C[C@H](CO)[C@@H](O)[C@H](O)[C@H]2O)[C@H](N=O)[C@H]1O. The molecule has 40 heavy (non-hydrogen) atoms. The Hall–Kier alpha value is -2.60. The molecule has 1 aromatic rings. The van der Waals surface area contributed by atoms with E-state index < -0.39 is 91.2 Å². The van der Waals surface area contributed by atoms with Gasteiger partial charge in [0.05, 0.1) is 18.8 Å². The van der Waals surface area contributed by atoms with Gasteiger partial charge in [-0.2, -0.15) is 4.91 Å². The lowest BCUT2D eigenvalue weighted by Gasteiger charge is -2.49. The molecule has 15 heteroatoms. The summed E-state index contributed by atoms with van der Waals surface area (Å²) in [4.78, 5) is 39.1. The Morgan fingerprint density at radius 3 is 2.23 bits per heavy atom. The Morgan fingerprint density at radius 2 is 1.68 bits per heavy atom. The summed E-state index contributed by atoms with van der Waals surface area (Å²) in [5.41, 5.74) is 3.17. The summed E-state index contributed by atoms with van der Waals surface area (Å²) in [6.45, 7) is -1.34. The van der Waals surface area contributed by atoms with E-state index in [1.807, 2.05) is 0 Å². The maximum Gasteiger partial charge on any atom is 0.252 e. The van der Waals surface area contributed by atoms with Crippen LogP contribution in [0.15, 0.2) is 35.5 Å². The number of nitrogens with one attached hydrogen (secondary N) is 3. The molecule has 11 atom stereocenters. The zero-order valence-electron chi connectivity index (χ0n) is 22.2. The van der Waals surface area contributed by atoms with E-state index >= 15 is 0 Å². The third-order valence-electron chi connectivity index (χ3n) is 7.74. The molecule has 1 saturated carbocycles. The van der Waals surface area contributed by atoms with Gasteiger partial charge in [0.15, 0.2) is 5.41 Å². The number of hydrogen-bond acceptors (Lipinski definition) is 13. The van der Waals surface area contributed by atoms with Crippen molar-refractivity contribution >= 4 is 11.8 Å². The van der Waals surface area contributed by atoms with Crippen molar-refractivity contribution in [2.24, 2.45) is 16.5 Å². The molecular weight excluding hydrogens is 532 g/mol. The van der Waals surface area contributed by atoms with Gasteiger partial charge in [-0.25, -0.2) is 5.43 Å². The van der Waals surface area contributed by atoms with Crippen molar-refractivity contribution in [1.29, 1.82) is 0 Å². The van der Waals surface area contributed by atoms with Crippen LogP contribution < -0.4 is 16.2 Å². The molecule has 2 aliphatic rings. The van der Waals surface area contributed by atoms with Gasteiger partial charge in [-0.15, -0.1) is 0 Å². The van der Waals surface area contributed by atoms with E-state index in [1.54, 1.807) is 30.3 Å². The minimum Gasteiger partial charge on any atom is -0.396 e. The predicted molar refractivity (Wildman–Crippen MR) is 137 cm³/mol. The fraction of sp³-hybridized carbons (Fsp3) is 0.680. The number of hydrogen-bond donors (Lipinski definition) is 9. The van der Waals surface area contributed by atoms with Gasteiger partial charge in [0, 0.05) is 26.6 Å². The fourth-order valence-electron chi connectivity index (χ4n) is 5.57. The van der Waals surface area contributed by atoms with Gasteiger partial charge >= 0.3 is 0 Å². The molecule has 0 aromatic heterocycles. The molecule has 2 fully saturated rings. The van der Waals surface area contributed by atoms with Crippen molar-refractivity contribution in [2.75, 3.05) is 27.3 Å². The van der Waals surface area contributed by atoms with Crippen molar-refractivity contribution in [1.82, 2.24) is 16.2 Å². The summed E-state index contributed by atoms with van der Waals surface area (Å²) in [6.07, 6.45) is -13.0. The standard InChI is InChI=1S/C25H38N4O11/c1-26-23(36)25(24(37)28-27-2,9-12-6-4-3-5-7-12)22-19(34)16(29-38)21(15(11-31)40-22)39-14-8-13(10-30)17(32)20(35)18(14)33/h3-7,13-22,27,30-35H,8-11H2,1-2H3,(H,26,36)(H,28,37)/t13-,14+,15-,16-,17-,18+,19-,20+,21-,22-,25?/m1/s1. The molecule has 0 bridgehead atoms. The molecule has 1 aliphatic heterocycles. The third kappa shape index (κ3) is 6.02. The smallest absolute Gasteiger partial charge is 0.252 e.